The third-order valence-electron chi connectivity index (χ3n) is 4.79. The van der Waals surface area contributed by atoms with Crippen LogP contribution in [0.15, 0.2) is 47.4 Å². The molecule has 0 amide bonds. The fraction of sp³-hybridized carbons (Fsp3) is 0.364. The SMILES string of the molecule is C=C(/C=C\C(=C/C)Cn1c(CCCC)nc2c(N)nc3ccsc3c21)CNC. The van der Waals surface area contributed by atoms with E-state index >= 15 is 0 Å². The minimum Gasteiger partial charge on any atom is -0.382 e. The van der Waals surface area contributed by atoms with E-state index < -0.39 is 0 Å². The molecule has 3 heterocycles. The van der Waals surface area contributed by atoms with Crippen LogP contribution in [0.1, 0.15) is 32.5 Å². The number of hydrogen-bond acceptors (Lipinski definition) is 5. The summed E-state index contributed by atoms with van der Waals surface area (Å²) in [6.07, 6.45) is 9.54. The van der Waals surface area contributed by atoms with Crippen molar-refractivity contribution in [3.63, 3.8) is 0 Å². The first-order valence-electron chi connectivity index (χ1n) is 9.76. The van der Waals surface area contributed by atoms with Gasteiger partial charge in [0.1, 0.15) is 11.3 Å². The summed E-state index contributed by atoms with van der Waals surface area (Å²) < 4.78 is 3.47. The van der Waals surface area contributed by atoms with Crippen LogP contribution in [0, 0.1) is 0 Å². The molecule has 3 rings (SSSR count). The van der Waals surface area contributed by atoms with Crippen LogP contribution in [0.3, 0.4) is 0 Å². The highest BCUT2D eigenvalue weighted by Gasteiger charge is 2.18. The molecule has 6 heteroatoms. The van der Waals surface area contributed by atoms with Crippen LogP contribution in [-0.2, 0) is 13.0 Å². The van der Waals surface area contributed by atoms with Crippen LogP contribution in [0.25, 0.3) is 21.3 Å². The number of nitrogens with zero attached hydrogens (tertiary/aromatic N) is 3. The lowest BCUT2D eigenvalue weighted by Gasteiger charge is -2.11. The van der Waals surface area contributed by atoms with Crippen LogP contribution in [0.5, 0.6) is 0 Å². The Labute approximate surface area is 170 Å². The normalized spacial score (nSPS) is 12.6. The third-order valence-corrected chi connectivity index (χ3v) is 5.70. The summed E-state index contributed by atoms with van der Waals surface area (Å²) in [4.78, 5) is 9.44. The Bertz CT molecular complexity index is 1040. The van der Waals surface area contributed by atoms with Crippen LogP contribution >= 0.6 is 11.3 Å². The number of aryl methyl sites for hydroxylation is 1. The van der Waals surface area contributed by atoms with Gasteiger partial charge in [-0.3, -0.25) is 0 Å². The number of thiophene rings is 1. The number of pyridine rings is 1. The molecule has 0 spiro atoms. The molecule has 3 aromatic heterocycles. The molecule has 0 atom stereocenters. The molecule has 0 aliphatic carbocycles. The second kappa shape index (κ2) is 9.17. The zero-order valence-corrected chi connectivity index (χ0v) is 17.8. The monoisotopic (exact) mass is 395 g/mol. The summed E-state index contributed by atoms with van der Waals surface area (Å²) >= 11 is 1.70. The predicted octanol–water partition coefficient (Wildman–Crippen LogP) is 4.85. The quantitative estimate of drug-likeness (QED) is 0.508. The predicted molar refractivity (Wildman–Crippen MR) is 122 cm³/mol. The molecular formula is C22H29N5S. The Morgan fingerprint density at radius 2 is 2.18 bits per heavy atom. The average Bonchev–Trinajstić information content (AvgIpc) is 3.28. The second-order valence-electron chi connectivity index (χ2n) is 6.93. The van der Waals surface area contributed by atoms with E-state index in [2.05, 4.69) is 58.9 Å². The van der Waals surface area contributed by atoms with E-state index in [1.165, 1.54) is 5.57 Å². The molecular weight excluding hydrogens is 366 g/mol. The van der Waals surface area contributed by atoms with Gasteiger partial charge < -0.3 is 15.6 Å². The molecule has 0 saturated heterocycles. The van der Waals surface area contributed by atoms with Crippen molar-refractivity contribution < 1.29 is 0 Å². The maximum atomic E-state index is 6.26. The molecule has 0 fully saturated rings. The molecule has 0 aliphatic heterocycles. The number of nitrogens with two attached hydrogens (primary N) is 1. The number of nitrogens with one attached hydrogen (secondary N) is 1. The number of anilines is 1. The minimum absolute atomic E-state index is 0.511. The van der Waals surface area contributed by atoms with Gasteiger partial charge in [-0.15, -0.1) is 11.3 Å². The van der Waals surface area contributed by atoms with Crippen molar-refractivity contribution >= 4 is 38.4 Å². The molecule has 28 heavy (non-hydrogen) atoms. The first-order valence-corrected chi connectivity index (χ1v) is 10.6. The molecule has 148 valence electrons. The average molecular weight is 396 g/mol. The Morgan fingerprint density at radius 1 is 1.36 bits per heavy atom. The molecule has 0 aromatic carbocycles. The Morgan fingerprint density at radius 3 is 2.89 bits per heavy atom. The molecule has 3 N–H and O–H groups in total. The fourth-order valence-electron chi connectivity index (χ4n) is 3.29. The summed E-state index contributed by atoms with van der Waals surface area (Å²) in [6.45, 7) is 9.89. The molecule has 3 aromatic rings. The zero-order valence-electron chi connectivity index (χ0n) is 17.0. The Kier molecular flexibility index (Phi) is 6.65. The van der Waals surface area contributed by atoms with Crippen molar-refractivity contribution in [1.29, 1.82) is 0 Å². The van der Waals surface area contributed by atoms with Gasteiger partial charge >= 0.3 is 0 Å². The lowest BCUT2D eigenvalue weighted by molar-refractivity contribution is 0.690. The van der Waals surface area contributed by atoms with E-state index in [-0.39, 0.29) is 0 Å². The van der Waals surface area contributed by atoms with E-state index in [1.54, 1.807) is 11.3 Å². The molecule has 0 radical (unpaired) electrons. The molecule has 5 nitrogen and oxygen atoms in total. The first-order chi connectivity index (χ1) is 13.6. The number of allylic oxidation sites excluding steroid dienone is 3. The van der Waals surface area contributed by atoms with E-state index in [9.17, 15) is 0 Å². The Balaban J connectivity index is 2.07. The highest BCUT2D eigenvalue weighted by atomic mass is 32.1. The van der Waals surface area contributed by atoms with E-state index in [1.807, 2.05) is 13.1 Å². The number of fused-ring (bicyclic) bond motifs is 3. The Hall–Kier alpha value is -2.44. The van der Waals surface area contributed by atoms with E-state index in [0.29, 0.717) is 5.82 Å². The van der Waals surface area contributed by atoms with Gasteiger partial charge in [-0.25, -0.2) is 9.97 Å². The summed E-state index contributed by atoms with van der Waals surface area (Å²) in [6, 6.07) is 2.02. The number of likely N-dealkylation sites (N-methyl/N-ethyl adjacent to an activating group) is 1. The summed E-state index contributed by atoms with van der Waals surface area (Å²) in [5.74, 6) is 1.59. The maximum Gasteiger partial charge on any atom is 0.152 e. The van der Waals surface area contributed by atoms with Crippen LogP contribution < -0.4 is 11.1 Å². The number of imidazole rings is 1. The topological polar surface area (TPSA) is 68.8 Å². The summed E-state index contributed by atoms with van der Waals surface area (Å²) in [5, 5.41) is 5.20. The fourth-order valence-corrected chi connectivity index (χ4v) is 4.17. The van der Waals surface area contributed by atoms with Crippen molar-refractivity contribution in [2.24, 2.45) is 0 Å². The molecule has 0 bridgehead atoms. The van der Waals surface area contributed by atoms with Gasteiger partial charge in [-0.05, 0) is 43.0 Å². The van der Waals surface area contributed by atoms with Gasteiger partial charge in [0.15, 0.2) is 5.82 Å². The standard InChI is InChI=1S/C22H29N5S/c1-5-7-8-18-26-19-20(21-17(11-12-28-21)25-22(19)23)27(18)14-16(6-2)10-9-15(3)13-24-4/h6,9-12,24H,3,5,7-8,13-14H2,1-2,4H3,(H2,23,25)/b10-9-,16-6+. The van der Waals surface area contributed by atoms with Gasteiger partial charge in [-0.2, -0.15) is 0 Å². The van der Waals surface area contributed by atoms with Crippen molar-refractivity contribution in [1.82, 2.24) is 19.9 Å². The van der Waals surface area contributed by atoms with Crippen LogP contribution in [0.2, 0.25) is 0 Å². The third kappa shape index (κ3) is 4.18. The molecule has 0 unspecified atom stereocenters. The lowest BCUT2D eigenvalue weighted by atomic mass is 10.1. The van der Waals surface area contributed by atoms with Gasteiger partial charge in [0.2, 0.25) is 0 Å². The van der Waals surface area contributed by atoms with Crippen LogP contribution in [0.4, 0.5) is 5.82 Å². The number of hydrogen-bond donors (Lipinski definition) is 2. The highest BCUT2D eigenvalue weighted by molar-refractivity contribution is 7.18. The van der Waals surface area contributed by atoms with Crippen LogP contribution in [-0.4, -0.2) is 28.1 Å². The van der Waals surface area contributed by atoms with Gasteiger partial charge in [-0.1, -0.05) is 38.2 Å². The highest BCUT2D eigenvalue weighted by Crippen LogP contribution is 2.33. The van der Waals surface area contributed by atoms with Gasteiger partial charge in [0, 0.05) is 19.5 Å². The van der Waals surface area contributed by atoms with Crippen molar-refractivity contribution in [3.8, 4) is 0 Å². The van der Waals surface area contributed by atoms with E-state index in [0.717, 1.165) is 65.0 Å². The number of aromatic nitrogens is 3. The first kappa shape index (κ1) is 20.3. The lowest BCUT2D eigenvalue weighted by Crippen LogP contribution is -2.08. The summed E-state index contributed by atoms with van der Waals surface area (Å²) in [5.41, 5.74) is 11.4. The molecule has 0 saturated carbocycles. The van der Waals surface area contributed by atoms with E-state index in [4.69, 9.17) is 10.7 Å². The molecule has 0 aliphatic rings. The second-order valence-corrected chi connectivity index (χ2v) is 7.85. The van der Waals surface area contributed by atoms with Crippen molar-refractivity contribution in [2.45, 2.75) is 39.7 Å². The van der Waals surface area contributed by atoms with Crippen molar-refractivity contribution in [3.05, 3.63) is 53.2 Å². The number of nitrogen functional groups attached to an aromatic ring is 1. The number of unbranched alkanes of at least 4 members (excludes halogenated alkanes) is 1. The largest absolute Gasteiger partial charge is 0.382 e. The zero-order chi connectivity index (χ0) is 20.1. The maximum absolute atomic E-state index is 6.26. The minimum atomic E-state index is 0.511. The van der Waals surface area contributed by atoms with Crippen molar-refractivity contribution in [2.75, 3.05) is 19.3 Å². The number of rotatable bonds is 9. The van der Waals surface area contributed by atoms with Gasteiger partial charge in [0.05, 0.1) is 15.7 Å². The smallest absolute Gasteiger partial charge is 0.152 e. The van der Waals surface area contributed by atoms with Gasteiger partial charge in [0.25, 0.3) is 0 Å². The summed E-state index contributed by atoms with van der Waals surface area (Å²) in [7, 11) is 1.93.